The van der Waals surface area contributed by atoms with E-state index in [4.69, 9.17) is 0 Å². The van der Waals surface area contributed by atoms with Crippen molar-refractivity contribution in [3.05, 3.63) is 71.2 Å². The lowest BCUT2D eigenvalue weighted by atomic mass is 10.1. The molecule has 0 saturated heterocycles. The molecule has 5 heteroatoms. The molecule has 3 rings (SSSR count). The summed E-state index contributed by atoms with van der Waals surface area (Å²) in [5.74, 6) is -0.829. The molecule has 0 aliphatic heterocycles. The molecule has 3 N–H and O–H groups in total. The summed E-state index contributed by atoms with van der Waals surface area (Å²) in [6.07, 6.45) is -1.09. The topological polar surface area (TPSA) is 65.1 Å². The van der Waals surface area contributed by atoms with Gasteiger partial charge in [0.1, 0.15) is 11.5 Å². The van der Waals surface area contributed by atoms with Crippen LogP contribution in [0.15, 0.2) is 48.5 Å². The summed E-state index contributed by atoms with van der Waals surface area (Å²) in [4.78, 5) is 15.2. The molecule has 0 fully saturated rings. The number of nitrogens with one attached hydrogen (secondary N) is 2. The van der Waals surface area contributed by atoms with E-state index in [1.54, 1.807) is 18.2 Å². The maximum Gasteiger partial charge on any atom is 0.267 e. The third-order valence-electron chi connectivity index (χ3n) is 3.74. The van der Waals surface area contributed by atoms with E-state index in [1.165, 1.54) is 12.1 Å². The lowest BCUT2D eigenvalue weighted by Gasteiger charge is -2.12. The van der Waals surface area contributed by atoms with E-state index in [9.17, 15) is 14.3 Å². The number of halogens is 1. The molecule has 1 unspecified atom stereocenters. The molecule has 1 amide bonds. The second-order valence-electron chi connectivity index (χ2n) is 5.52. The van der Waals surface area contributed by atoms with Gasteiger partial charge >= 0.3 is 0 Å². The third-order valence-corrected chi connectivity index (χ3v) is 3.74. The van der Waals surface area contributed by atoms with Gasteiger partial charge in [0.15, 0.2) is 0 Å². The summed E-state index contributed by atoms with van der Waals surface area (Å²) in [5, 5.41) is 13.6. The Morgan fingerprint density at radius 3 is 2.83 bits per heavy atom. The van der Waals surface area contributed by atoms with E-state index in [2.05, 4.69) is 10.3 Å². The van der Waals surface area contributed by atoms with Gasteiger partial charge in [0, 0.05) is 23.0 Å². The van der Waals surface area contributed by atoms with Crippen molar-refractivity contribution in [2.24, 2.45) is 0 Å². The third kappa shape index (κ3) is 3.24. The van der Waals surface area contributed by atoms with Gasteiger partial charge < -0.3 is 15.4 Å². The molecule has 23 heavy (non-hydrogen) atoms. The number of hydrogen-bond donors (Lipinski definition) is 3. The van der Waals surface area contributed by atoms with Crippen molar-refractivity contribution in [3.8, 4) is 0 Å². The van der Waals surface area contributed by atoms with E-state index in [1.807, 2.05) is 25.1 Å². The number of aliphatic hydroxyl groups excluding tert-OH is 1. The predicted octanol–water partition coefficient (Wildman–Crippen LogP) is 3.08. The van der Waals surface area contributed by atoms with Crippen LogP contribution >= 0.6 is 0 Å². The standard InChI is InChI=1S/C18H17FN2O2/c1-11-6-7-12-9-16(21-15(12)8-11)18(23)20-10-17(22)13-4-2-3-5-14(13)19/h2-9,17,21-22H,10H2,1H3,(H,20,23). The van der Waals surface area contributed by atoms with Gasteiger partial charge in [0.2, 0.25) is 0 Å². The van der Waals surface area contributed by atoms with Gasteiger partial charge in [0.25, 0.3) is 5.91 Å². The number of H-pyrrole nitrogens is 1. The molecule has 2 aromatic carbocycles. The van der Waals surface area contributed by atoms with Crippen LogP contribution in [0, 0.1) is 12.7 Å². The minimum atomic E-state index is -1.09. The maximum atomic E-state index is 13.6. The second kappa shape index (κ2) is 6.22. The number of amides is 1. The Bertz CT molecular complexity index is 857. The van der Waals surface area contributed by atoms with E-state index in [0.29, 0.717) is 5.69 Å². The Balaban J connectivity index is 1.70. The number of fused-ring (bicyclic) bond motifs is 1. The van der Waals surface area contributed by atoms with Gasteiger partial charge in [-0.25, -0.2) is 4.39 Å². The number of aromatic amines is 1. The Hall–Kier alpha value is -2.66. The van der Waals surface area contributed by atoms with Crippen LogP contribution in [0.5, 0.6) is 0 Å². The van der Waals surface area contributed by atoms with Crippen molar-refractivity contribution >= 4 is 16.8 Å². The van der Waals surface area contributed by atoms with Crippen LogP contribution in [0.1, 0.15) is 27.7 Å². The molecular weight excluding hydrogens is 295 g/mol. The highest BCUT2D eigenvalue weighted by molar-refractivity contribution is 5.98. The number of carbonyl (C=O) groups is 1. The normalized spacial score (nSPS) is 12.3. The van der Waals surface area contributed by atoms with Crippen LogP contribution < -0.4 is 5.32 Å². The van der Waals surface area contributed by atoms with Crippen molar-refractivity contribution in [1.29, 1.82) is 0 Å². The Morgan fingerprint density at radius 1 is 1.26 bits per heavy atom. The zero-order valence-electron chi connectivity index (χ0n) is 12.6. The van der Waals surface area contributed by atoms with Crippen molar-refractivity contribution in [2.75, 3.05) is 6.54 Å². The molecule has 0 aliphatic rings. The Labute approximate surface area is 133 Å². The molecule has 0 bridgehead atoms. The van der Waals surface area contributed by atoms with Crippen LogP contribution in [0.2, 0.25) is 0 Å². The quantitative estimate of drug-likeness (QED) is 0.693. The summed E-state index contributed by atoms with van der Waals surface area (Å²) in [5.41, 5.74) is 2.55. The summed E-state index contributed by atoms with van der Waals surface area (Å²) < 4.78 is 13.6. The Kier molecular flexibility index (Phi) is 4.12. The molecule has 0 aliphatic carbocycles. The fourth-order valence-corrected chi connectivity index (χ4v) is 2.50. The van der Waals surface area contributed by atoms with Crippen LogP contribution in [-0.2, 0) is 0 Å². The summed E-state index contributed by atoms with van der Waals surface area (Å²) in [6, 6.07) is 13.6. The average molecular weight is 312 g/mol. The van der Waals surface area contributed by atoms with Gasteiger partial charge in [0.05, 0.1) is 6.10 Å². The lowest BCUT2D eigenvalue weighted by molar-refractivity contribution is 0.0910. The van der Waals surface area contributed by atoms with Crippen LogP contribution in [-0.4, -0.2) is 22.5 Å². The SMILES string of the molecule is Cc1ccc2cc(C(=O)NCC(O)c3ccccc3F)[nH]c2c1. The highest BCUT2D eigenvalue weighted by atomic mass is 19.1. The smallest absolute Gasteiger partial charge is 0.267 e. The lowest BCUT2D eigenvalue weighted by Crippen LogP contribution is -2.28. The van der Waals surface area contributed by atoms with Crippen molar-refractivity contribution in [2.45, 2.75) is 13.0 Å². The minimum Gasteiger partial charge on any atom is -0.386 e. The zero-order valence-corrected chi connectivity index (χ0v) is 12.6. The average Bonchev–Trinajstić information content (AvgIpc) is 2.95. The molecule has 0 spiro atoms. The number of rotatable bonds is 4. The fraction of sp³-hybridized carbons (Fsp3) is 0.167. The highest BCUT2D eigenvalue weighted by Crippen LogP contribution is 2.18. The Morgan fingerprint density at radius 2 is 2.04 bits per heavy atom. The number of benzene rings is 2. The number of hydrogen-bond acceptors (Lipinski definition) is 2. The van der Waals surface area contributed by atoms with Crippen LogP contribution in [0.4, 0.5) is 4.39 Å². The van der Waals surface area contributed by atoms with Gasteiger partial charge in [-0.15, -0.1) is 0 Å². The molecule has 0 saturated carbocycles. The largest absolute Gasteiger partial charge is 0.386 e. The van der Waals surface area contributed by atoms with Gasteiger partial charge in [-0.2, -0.15) is 0 Å². The highest BCUT2D eigenvalue weighted by Gasteiger charge is 2.15. The monoisotopic (exact) mass is 312 g/mol. The molecule has 1 atom stereocenters. The molecule has 118 valence electrons. The maximum absolute atomic E-state index is 13.6. The van der Waals surface area contributed by atoms with Crippen molar-refractivity contribution in [1.82, 2.24) is 10.3 Å². The molecule has 4 nitrogen and oxygen atoms in total. The van der Waals surface area contributed by atoms with E-state index < -0.39 is 11.9 Å². The predicted molar refractivity (Wildman–Crippen MR) is 86.7 cm³/mol. The van der Waals surface area contributed by atoms with Crippen LogP contribution in [0.3, 0.4) is 0 Å². The second-order valence-corrected chi connectivity index (χ2v) is 5.52. The van der Waals surface area contributed by atoms with E-state index in [0.717, 1.165) is 16.5 Å². The molecule has 0 radical (unpaired) electrons. The molecular formula is C18H17FN2O2. The number of aliphatic hydroxyl groups is 1. The van der Waals surface area contributed by atoms with Gasteiger partial charge in [-0.05, 0) is 30.7 Å². The summed E-state index contributed by atoms with van der Waals surface area (Å²) in [7, 11) is 0. The number of aromatic nitrogens is 1. The molecule has 1 heterocycles. The first kappa shape index (κ1) is 15.2. The fourth-order valence-electron chi connectivity index (χ4n) is 2.50. The first-order valence-corrected chi connectivity index (χ1v) is 7.34. The van der Waals surface area contributed by atoms with Crippen molar-refractivity contribution in [3.63, 3.8) is 0 Å². The summed E-state index contributed by atoms with van der Waals surface area (Å²) >= 11 is 0. The van der Waals surface area contributed by atoms with E-state index >= 15 is 0 Å². The van der Waals surface area contributed by atoms with Gasteiger partial charge in [-0.3, -0.25) is 4.79 Å². The zero-order chi connectivity index (χ0) is 16.4. The first-order chi connectivity index (χ1) is 11.0. The summed E-state index contributed by atoms with van der Waals surface area (Å²) in [6.45, 7) is 1.92. The number of aryl methyl sites for hydroxylation is 1. The minimum absolute atomic E-state index is 0.0613. The molecule has 3 aromatic rings. The van der Waals surface area contributed by atoms with Gasteiger partial charge in [-0.1, -0.05) is 30.3 Å². The van der Waals surface area contributed by atoms with E-state index in [-0.39, 0.29) is 18.0 Å². The molecule has 1 aromatic heterocycles. The number of carbonyl (C=O) groups excluding carboxylic acids is 1. The van der Waals surface area contributed by atoms with Crippen LogP contribution in [0.25, 0.3) is 10.9 Å². The van der Waals surface area contributed by atoms with Crippen molar-refractivity contribution < 1.29 is 14.3 Å². The first-order valence-electron chi connectivity index (χ1n) is 7.34.